The lowest BCUT2D eigenvalue weighted by Gasteiger charge is -2.13. The lowest BCUT2D eigenvalue weighted by atomic mass is 10.1. The number of hydrogen-bond acceptors (Lipinski definition) is 2. The third-order valence-electron chi connectivity index (χ3n) is 3.26. The highest BCUT2D eigenvalue weighted by Gasteiger charge is 2.10. The second-order valence-electron chi connectivity index (χ2n) is 4.71. The van der Waals surface area contributed by atoms with Crippen molar-refractivity contribution in [2.75, 3.05) is 7.05 Å². The summed E-state index contributed by atoms with van der Waals surface area (Å²) in [4.78, 5) is 0. The number of benzene rings is 2. The Morgan fingerprint density at radius 1 is 1.15 bits per heavy atom. The molecular weight excluding hydrogens is 277 g/mol. The van der Waals surface area contributed by atoms with Gasteiger partial charge in [0.25, 0.3) is 0 Å². The predicted octanol–water partition coefficient (Wildman–Crippen LogP) is 4.86. The lowest BCUT2D eigenvalue weighted by molar-refractivity contribution is 0.438. The average Bonchev–Trinajstić information content (AvgIpc) is 2.44. The normalized spacial score (nSPS) is 12.2. The molecule has 0 amide bonds. The molecule has 0 heterocycles. The number of halogens is 2. The summed E-state index contributed by atoms with van der Waals surface area (Å²) in [6.45, 7) is 3.86. The number of rotatable bonds is 4. The molecule has 106 valence electrons. The third-order valence-corrected chi connectivity index (χ3v) is 3.49. The van der Waals surface area contributed by atoms with E-state index in [4.69, 9.17) is 16.3 Å². The minimum absolute atomic E-state index is 0.0893. The van der Waals surface area contributed by atoms with Gasteiger partial charge in [0.2, 0.25) is 0 Å². The maximum atomic E-state index is 14.1. The second kappa shape index (κ2) is 6.25. The van der Waals surface area contributed by atoms with Crippen molar-refractivity contribution < 1.29 is 9.13 Å². The Kier molecular flexibility index (Phi) is 4.63. The van der Waals surface area contributed by atoms with Crippen LogP contribution in [-0.2, 0) is 0 Å². The van der Waals surface area contributed by atoms with Crippen LogP contribution in [0.3, 0.4) is 0 Å². The number of aryl methyl sites for hydroxylation is 1. The van der Waals surface area contributed by atoms with Crippen LogP contribution in [0.1, 0.15) is 24.1 Å². The Morgan fingerprint density at radius 2 is 1.90 bits per heavy atom. The summed E-state index contributed by atoms with van der Waals surface area (Å²) in [5.41, 5.74) is 1.78. The number of nitrogens with one attached hydrogen (secondary N) is 1. The van der Waals surface area contributed by atoms with Crippen LogP contribution in [0.25, 0.3) is 0 Å². The quantitative estimate of drug-likeness (QED) is 0.869. The Hall–Kier alpha value is -1.58. The molecular formula is C16H17ClFNO. The van der Waals surface area contributed by atoms with Gasteiger partial charge in [-0.1, -0.05) is 23.7 Å². The van der Waals surface area contributed by atoms with Crippen LogP contribution in [0, 0.1) is 12.7 Å². The summed E-state index contributed by atoms with van der Waals surface area (Å²) < 4.78 is 19.7. The minimum Gasteiger partial charge on any atom is -0.454 e. The van der Waals surface area contributed by atoms with Crippen molar-refractivity contribution in [2.24, 2.45) is 0 Å². The summed E-state index contributed by atoms with van der Waals surface area (Å²) in [6.07, 6.45) is 0. The van der Waals surface area contributed by atoms with E-state index in [1.165, 1.54) is 6.07 Å². The van der Waals surface area contributed by atoms with Crippen LogP contribution in [0.2, 0.25) is 5.02 Å². The second-order valence-corrected chi connectivity index (χ2v) is 5.15. The fourth-order valence-electron chi connectivity index (χ4n) is 1.84. The standard InChI is InChI=1S/C16H17ClFNO/c1-10-4-6-13(17)9-16(10)20-15-7-5-12(8-14(15)18)11(2)19-3/h4-9,11,19H,1-3H3. The number of ether oxygens (including phenoxy) is 1. The topological polar surface area (TPSA) is 21.3 Å². The zero-order valence-corrected chi connectivity index (χ0v) is 12.5. The van der Waals surface area contributed by atoms with Gasteiger partial charge in [0.1, 0.15) is 5.75 Å². The van der Waals surface area contributed by atoms with Crippen LogP contribution in [0.5, 0.6) is 11.5 Å². The summed E-state index contributed by atoms with van der Waals surface area (Å²) in [7, 11) is 1.84. The first-order valence-corrected chi connectivity index (χ1v) is 6.79. The zero-order chi connectivity index (χ0) is 14.7. The molecule has 1 atom stereocenters. The van der Waals surface area contributed by atoms with E-state index in [9.17, 15) is 4.39 Å². The van der Waals surface area contributed by atoms with Gasteiger partial charge < -0.3 is 10.1 Å². The van der Waals surface area contributed by atoms with Crippen molar-refractivity contribution in [3.05, 3.63) is 58.4 Å². The zero-order valence-electron chi connectivity index (χ0n) is 11.7. The molecule has 0 saturated carbocycles. The van der Waals surface area contributed by atoms with Crippen LogP contribution in [0.15, 0.2) is 36.4 Å². The Balaban J connectivity index is 2.28. The highest BCUT2D eigenvalue weighted by atomic mass is 35.5. The average molecular weight is 294 g/mol. The van der Waals surface area contributed by atoms with Crippen LogP contribution < -0.4 is 10.1 Å². The van der Waals surface area contributed by atoms with Gasteiger partial charge in [-0.2, -0.15) is 0 Å². The molecule has 0 aromatic heterocycles. The maximum absolute atomic E-state index is 14.1. The molecule has 2 aromatic carbocycles. The molecule has 2 nitrogen and oxygen atoms in total. The van der Waals surface area contributed by atoms with Gasteiger partial charge in [-0.15, -0.1) is 0 Å². The SMILES string of the molecule is CNC(C)c1ccc(Oc2cc(Cl)ccc2C)c(F)c1. The van der Waals surface area contributed by atoms with E-state index in [0.29, 0.717) is 10.8 Å². The van der Waals surface area contributed by atoms with E-state index in [2.05, 4.69) is 5.32 Å². The van der Waals surface area contributed by atoms with Gasteiger partial charge in [-0.3, -0.25) is 0 Å². The molecule has 1 N–H and O–H groups in total. The molecule has 0 radical (unpaired) electrons. The van der Waals surface area contributed by atoms with E-state index in [-0.39, 0.29) is 17.6 Å². The summed E-state index contributed by atoms with van der Waals surface area (Å²) in [5.74, 6) is 0.372. The molecule has 0 aliphatic rings. The molecule has 0 fully saturated rings. The maximum Gasteiger partial charge on any atom is 0.166 e. The van der Waals surface area contributed by atoms with E-state index in [1.807, 2.05) is 33.0 Å². The molecule has 2 rings (SSSR count). The molecule has 20 heavy (non-hydrogen) atoms. The summed E-state index contributed by atoms with van der Waals surface area (Å²) in [6, 6.07) is 10.4. The van der Waals surface area contributed by atoms with Crippen LogP contribution in [-0.4, -0.2) is 7.05 Å². The predicted molar refractivity (Wildman–Crippen MR) is 80.1 cm³/mol. The number of hydrogen-bond donors (Lipinski definition) is 1. The fourth-order valence-corrected chi connectivity index (χ4v) is 2.00. The Labute approximate surface area is 123 Å². The van der Waals surface area contributed by atoms with Crippen molar-refractivity contribution in [3.63, 3.8) is 0 Å². The Morgan fingerprint density at radius 3 is 2.55 bits per heavy atom. The van der Waals surface area contributed by atoms with Gasteiger partial charge in [0, 0.05) is 11.1 Å². The molecule has 4 heteroatoms. The first-order chi connectivity index (χ1) is 9.51. The highest BCUT2D eigenvalue weighted by Crippen LogP contribution is 2.30. The van der Waals surface area contributed by atoms with Gasteiger partial charge in [-0.05, 0) is 56.3 Å². The first-order valence-electron chi connectivity index (χ1n) is 6.42. The van der Waals surface area contributed by atoms with Crippen LogP contribution >= 0.6 is 11.6 Å². The lowest BCUT2D eigenvalue weighted by Crippen LogP contribution is -2.12. The molecule has 2 aromatic rings. The van der Waals surface area contributed by atoms with Crippen molar-refractivity contribution in [1.82, 2.24) is 5.32 Å². The van der Waals surface area contributed by atoms with Crippen molar-refractivity contribution >= 4 is 11.6 Å². The van der Waals surface area contributed by atoms with Gasteiger partial charge in [0.05, 0.1) is 0 Å². The summed E-state index contributed by atoms with van der Waals surface area (Å²) >= 11 is 5.93. The van der Waals surface area contributed by atoms with E-state index in [0.717, 1.165) is 11.1 Å². The highest BCUT2D eigenvalue weighted by molar-refractivity contribution is 6.30. The van der Waals surface area contributed by atoms with Crippen molar-refractivity contribution in [2.45, 2.75) is 19.9 Å². The smallest absolute Gasteiger partial charge is 0.166 e. The fraction of sp³-hybridized carbons (Fsp3) is 0.250. The molecule has 0 bridgehead atoms. The van der Waals surface area contributed by atoms with Gasteiger partial charge >= 0.3 is 0 Å². The first kappa shape index (κ1) is 14.8. The monoisotopic (exact) mass is 293 g/mol. The van der Waals surface area contributed by atoms with Crippen LogP contribution in [0.4, 0.5) is 4.39 Å². The van der Waals surface area contributed by atoms with Crippen molar-refractivity contribution in [3.8, 4) is 11.5 Å². The van der Waals surface area contributed by atoms with E-state index in [1.54, 1.807) is 18.2 Å². The summed E-state index contributed by atoms with van der Waals surface area (Å²) in [5, 5.41) is 3.63. The van der Waals surface area contributed by atoms with Crippen molar-refractivity contribution in [1.29, 1.82) is 0 Å². The van der Waals surface area contributed by atoms with Gasteiger partial charge in [-0.25, -0.2) is 4.39 Å². The molecule has 0 spiro atoms. The van der Waals surface area contributed by atoms with E-state index >= 15 is 0 Å². The molecule has 1 unspecified atom stereocenters. The molecule has 0 saturated heterocycles. The largest absolute Gasteiger partial charge is 0.454 e. The molecule has 0 aliphatic carbocycles. The Bertz CT molecular complexity index is 615. The van der Waals surface area contributed by atoms with Gasteiger partial charge in [0.15, 0.2) is 11.6 Å². The minimum atomic E-state index is -0.385. The third kappa shape index (κ3) is 3.30. The molecule has 0 aliphatic heterocycles. The van der Waals surface area contributed by atoms with E-state index < -0.39 is 0 Å².